The van der Waals surface area contributed by atoms with Crippen molar-refractivity contribution in [2.24, 2.45) is 0 Å². The number of carbonyl (C=O) groups excluding carboxylic acids is 1. The monoisotopic (exact) mass is 290 g/mol. The van der Waals surface area contributed by atoms with Gasteiger partial charge >= 0.3 is 12.0 Å². The summed E-state index contributed by atoms with van der Waals surface area (Å²) in [5.41, 5.74) is 1.12. The molecule has 0 radical (unpaired) electrons. The lowest BCUT2D eigenvalue weighted by Gasteiger charge is -2.20. The van der Waals surface area contributed by atoms with Gasteiger partial charge in [0.25, 0.3) is 0 Å². The van der Waals surface area contributed by atoms with Crippen LogP contribution in [-0.2, 0) is 11.2 Å². The molecule has 1 aliphatic heterocycles. The molecule has 1 aromatic carbocycles. The van der Waals surface area contributed by atoms with Crippen molar-refractivity contribution in [1.82, 2.24) is 10.2 Å². The number of carboxylic acids is 1. The largest absolute Gasteiger partial charge is 0.488 e. The van der Waals surface area contributed by atoms with Gasteiger partial charge in [-0.15, -0.1) is 6.58 Å². The van der Waals surface area contributed by atoms with Crippen LogP contribution in [-0.4, -0.2) is 47.7 Å². The lowest BCUT2D eigenvalue weighted by atomic mass is 10.1. The molecule has 0 spiro atoms. The third-order valence-electron chi connectivity index (χ3n) is 3.16. The summed E-state index contributed by atoms with van der Waals surface area (Å²) in [6, 6.07) is 7.30. The highest BCUT2D eigenvalue weighted by atomic mass is 16.5. The number of hydrogen-bond donors (Lipinski definition) is 2. The molecule has 0 fully saturated rings. The van der Waals surface area contributed by atoms with Crippen molar-refractivity contribution in [3.63, 3.8) is 0 Å². The van der Waals surface area contributed by atoms with Crippen LogP contribution in [0.1, 0.15) is 5.56 Å². The average molecular weight is 290 g/mol. The molecule has 0 aliphatic carbocycles. The van der Waals surface area contributed by atoms with Crippen molar-refractivity contribution < 1.29 is 19.4 Å². The molecular formula is C15H18N2O4. The van der Waals surface area contributed by atoms with Gasteiger partial charge in [-0.3, -0.25) is 4.79 Å². The Bertz CT molecular complexity index is 519. The summed E-state index contributed by atoms with van der Waals surface area (Å²) in [4.78, 5) is 23.8. The summed E-state index contributed by atoms with van der Waals surface area (Å²) >= 11 is 0. The van der Waals surface area contributed by atoms with Crippen LogP contribution in [0.5, 0.6) is 5.75 Å². The molecule has 1 unspecified atom stereocenters. The van der Waals surface area contributed by atoms with E-state index < -0.39 is 12.0 Å². The van der Waals surface area contributed by atoms with Gasteiger partial charge in [-0.2, -0.15) is 0 Å². The quantitative estimate of drug-likeness (QED) is 0.773. The van der Waals surface area contributed by atoms with Crippen molar-refractivity contribution in [1.29, 1.82) is 0 Å². The first-order chi connectivity index (χ1) is 10.1. The first kappa shape index (κ1) is 14.9. The number of hydrogen-bond acceptors (Lipinski definition) is 3. The number of fused-ring (bicyclic) bond motifs is 1. The maximum Gasteiger partial charge on any atom is 0.323 e. The predicted octanol–water partition coefficient (Wildman–Crippen LogP) is 1.27. The summed E-state index contributed by atoms with van der Waals surface area (Å²) in [6.07, 6.45) is 2.10. The SMILES string of the molecule is C=CCN(CC(=O)O)C(=O)NCC1Cc2ccccc2O1. The van der Waals surface area contributed by atoms with Gasteiger partial charge in [0.15, 0.2) is 0 Å². The van der Waals surface area contributed by atoms with Crippen LogP contribution in [0, 0.1) is 0 Å². The van der Waals surface area contributed by atoms with Gasteiger partial charge in [0.2, 0.25) is 0 Å². The second-order valence-electron chi connectivity index (χ2n) is 4.80. The molecule has 112 valence electrons. The summed E-state index contributed by atoms with van der Waals surface area (Å²) in [5.74, 6) is -0.221. The molecule has 0 saturated carbocycles. The minimum atomic E-state index is -1.06. The Morgan fingerprint density at radius 1 is 1.48 bits per heavy atom. The molecule has 2 N–H and O–H groups in total. The molecule has 2 amide bonds. The van der Waals surface area contributed by atoms with Crippen molar-refractivity contribution in [3.05, 3.63) is 42.5 Å². The number of carboxylic acid groups (broad SMARTS) is 1. The van der Waals surface area contributed by atoms with E-state index in [4.69, 9.17) is 9.84 Å². The average Bonchev–Trinajstić information content (AvgIpc) is 2.86. The number of rotatable bonds is 6. The number of aliphatic carboxylic acids is 1. The van der Waals surface area contributed by atoms with Crippen LogP contribution in [0.25, 0.3) is 0 Å². The first-order valence-electron chi connectivity index (χ1n) is 6.70. The molecule has 0 saturated heterocycles. The van der Waals surface area contributed by atoms with Gasteiger partial charge in [-0.05, 0) is 11.6 Å². The third-order valence-corrected chi connectivity index (χ3v) is 3.16. The van der Waals surface area contributed by atoms with E-state index >= 15 is 0 Å². The molecule has 2 rings (SSSR count). The third kappa shape index (κ3) is 3.98. The molecule has 1 aromatic rings. The zero-order valence-electron chi connectivity index (χ0n) is 11.6. The standard InChI is InChI=1S/C15H18N2O4/c1-2-7-17(10-14(18)19)15(20)16-9-12-8-11-5-3-4-6-13(11)21-12/h2-6,12H,1,7-10H2,(H,16,20)(H,18,19). The molecule has 21 heavy (non-hydrogen) atoms. The van der Waals surface area contributed by atoms with Gasteiger partial charge in [0.05, 0.1) is 6.54 Å². The number of urea groups is 1. The Balaban J connectivity index is 1.84. The smallest absolute Gasteiger partial charge is 0.323 e. The van der Waals surface area contributed by atoms with Crippen LogP contribution in [0.4, 0.5) is 4.79 Å². The number of benzene rings is 1. The number of nitrogens with one attached hydrogen (secondary N) is 1. The van der Waals surface area contributed by atoms with Crippen molar-refractivity contribution in [3.8, 4) is 5.75 Å². The number of nitrogens with zero attached hydrogens (tertiary/aromatic N) is 1. The topological polar surface area (TPSA) is 78.9 Å². The van der Waals surface area contributed by atoms with Crippen LogP contribution < -0.4 is 10.1 Å². The van der Waals surface area contributed by atoms with Crippen LogP contribution >= 0.6 is 0 Å². The Labute approximate surface area is 123 Å². The van der Waals surface area contributed by atoms with E-state index in [1.165, 1.54) is 11.0 Å². The summed E-state index contributed by atoms with van der Waals surface area (Å²) in [7, 11) is 0. The second-order valence-corrected chi connectivity index (χ2v) is 4.80. The number of para-hydroxylation sites is 1. The fraction of sp³-hybridized carbons (Fsp3) is 0.333. The van der Waals surface area contributed by atoms with E-state index in [1.807, 2.05) is 24.3 Å². The number of carbonyl (C=O) groups is 2. The van der Waals surface area contributed by atoms with Crippen LogP contribution in [0.2, 0.25) is 0 Å². The van der Waals surface area contributed by atoms with Gasteiger partial charge in [-0.1, -0.05) is 24.3 Å². The highest BCUT2D eigenvalue weighted by molar-refractivity contribution is 5.80. The Morgan fingerprint density at radius 3 is 2.90 bits per heavy atom. The minimum absolute atomic E-state index is 0.123. The van der Waals surface area contributed by atoms with Crippen LogP contribution in [0.15, 0.2) is 36.9 Å². The van der Waals surface area contributed by atoms with E-state index in [2.05, 4.69) is 11.9 Å². The molecular weight excluding hydrogens is 272 g/mol. The molecule has 6 heteroatoms. The van der Waals surface area contributed by atoms with E-state index in [-0.39, 0.29) is 19.2 Å². The van der Waals surface area contributed by atoms with Crippen molar-refractivity contribution >= 4 is 12.0 Å². The zero-order chi connectivity index (χ0) is 15.2. The molecule has 1 atom stereocenters. The maximum absolute atomic E-state index is 11.9. The summed E-state index contributed by atoms with van der Waals surface area (Å²) in [6.45, 7) is 3.68. The molecule has 0 aromatic heterocycles. The van der Waals surface area contributed by atoms with Gasteiger partial charge in [0.1, 0.15) is 18.4 Å². The second kappa shape index (κ2) is 6.78. The lowest BCUT2D eigenvalue weighted by molar-refractivity contribution is -0.137. The first-order valence-corrected chi connectivity index (χ1v) is 6.70. The minimum Gasteiger partial charge on any atom is -0.488 e. The van der Waals surface area contributed by atoms with Gasteiger partial charge in [0, 0.05) is 13.0 Å². The molecule has 1 aliphatic rings. The van der Waals surface area contributed by atoms with E-state index in [1.54, 1.807) is 0 Å². The predicted molar refractivity (Wildman–Crippen MR) is 77.4 cm³/mol. The zero-order valence-corrected chi connectivity index (χ0v) is 11.6. The van der Waals surface area contributed by atoms with Gasteiger partial charge in [-0.25, -0.2) is 4.79 Å². The lowest BCUT2D eigenvalue weighted by Crippen LogP contribution is -2.45. The van der Waals surface area contributed by atoms with Crippen molar-refractivity contribution in [2.75, 3.05) is 19.6 Å². The summed E-state index contributed by atoms with van der Waals surface area (Å²) < 4.78 is 5.71. The number of ether oxygens (including phenoxy) is 1. The molecule has 6 nitrogen and oxygen atoms in total. The van der Waals surface area contributed by atoms with E-state index in [0.29, 0.717) is 6.54 Å². The van der Waals surface area contributed by atoms with E-state index in [9.17, 15) is 9.59 Å². The normalized spacial score (nSPS) is 15.7. The maximum atomic E-state index is 11.9. The highest BCUT2D eigenvalue weighted by Gasteiger charge is 2.23. The van der Waals surface area contributed by atoms with Crippen LogP contribution in [0.3, 0.4) is 0 Å². The van der Waals surface area contributed by atoms with E-state index in [0.717, 1.165) is 17.7 Å². The fourth-order valence-electron chi connectivity index (χ4n) is 2.22. The Hall–Kier alpha value is -2.50. The Kier molecular flexibility index (Phi) is 4.81. The molecule has 1 heterocycles. The van der Waals surface area contributed by atoms with Crippen molar-refractivity contribution in [2.45, 2.75) is 12.5 Å². The number of amides is 2. The molecule has 0 bridgehead atoms. The summed E-state index contributed by atoms with van der Waals surface area (Å²) in [5, 5.41) is 11.5. The van der Waals surface area contributed by atoms with Gasteiger partial charge < -0.3 is 20.1 Å². The highest BCUT2D eigenvalue weighted by Crippen LogP contribution is 2.27. The fourth-order valence-corrected chi connectivity index (χ4v) is 2.22. The Morgan fingerprint density at radius 2 is 2.24 bits per heavy atom.